The SMILES string of the molecule is NC(CSC(c1ccccc1)c1ccccc1-c1ccccc1)C(=O)O. The monoisotopic (exact) mass is 363 g/mol. The number of nitrogens with two attached hydrogens (primary N) is 1. The number of hydrogen-bond acceptors (Lipinski definition) is 3. The molecule has 0 aliphatic heterocycles. The standard InChI is InChI=1S/C22H21NO2S/c23-20(22(24)25)15-26-21(17-11-5-2-6-12-17)19-14-8-7-13-18(19)16-9-3-1-4-10-16/h1-14,20-21H,15,23H2,(H,24,25). The lowest BCUT2D eigenvalue weighted by molar-refractivity contribution is -0.137. The summed E-state index contributed by atoms with van der Waals surface area (Å²) in [7, 11) is 0. The van der Waals surface area contributed by atoms with E-state index in [0.29, 0.717) is 5.75 Å². The lowest BCUT2D eigenvalue weighted by Crippen LogP contribution is -2.32. The largest absolute Gasteiger partial charge is 0.480 e. The van der Waals surface area contributed by atoms with Crippen molar-refractivity contribution in [1.29, 1.82) is 0 Å². The minimum atomic E-state index is -0.972. The van der Waals surface area contributed by atoms with Crippen LogP contribution >= 0.6 is 11.8 Å². The fourth-order valence-corrected chi connectivity index (χ4v) is 4.15. The molecule has 0 amide bonds. The van der Waals surface area contributed by atoms with Gasteiger partial charge in [0, 0.05) is 5.75 Å². The van der Waals surface area contributed by atoms with Crippen LogP contribution in [0.4, 0.5) is 0 Å². The molecule has 0 aromatic heterocycles. The van der Waals surface area contributed by atoms with E-state index in [2.05, 4.69) is 36.4 Å². The molecular weight excluding hydrogens is 342 g/mol. The van der Waals surface area contributed by atoms with Crippen molar-refractivity contribution in [2.45, 2.75) is 11.3 Å². The molecule has 0 saturated carbocycles. The lowest BCUT2D eigenvalue weighted by atomic mass is 9.94. The van der Waals surface area contributed by atoms with Crippen LogP contribution in [-0.4, -0.2) is 22.9 Å². The van der Waals surface area contributed by atoms with Gasteiger partial charge in [-0.15, -0.1) is 11.8 Å². The van der Waals surface area contributed by atoms with Gasteiger partial charge in [-0.25, -0.2) is 0 Å². The Balaban J connectivity index is 2.01. The third kappa shape index (κ3) is 4.34. The fraction of sp³-hybridized carbons (Fsp3) is 0.136. The van der Waals surface area contributed by atoms with Gasteiger partial charge in [0.25, 0.3) is 0 Å². The van der Waals surface area contributed by atoms with Gasteiger partial charge in [0.15, 0.2) is 0 Å². The van der Waals surface area contributed by atoms with Crippen molar-refractivity contribution in [3.8, 4) is 11.1 Å². The highest BCUT2D eigenvalue weighted by Gasteiger charge is 2.21. The van der Waals surface area contributed by atoms with Gasteiger partial charge in [-0.05, 0) is 22.3 Å². The molecule has 0 fully saturated rings. The Bertz CT molecular complexity index is 852. The number of carbonyl (C=O) groups is 1. The van der Waals surface area contributed by atoms with Gasteiger partial charge in [-0.2, -0.15) is 0 Å². The summed E-state index contributed by atoms with van der Waals surface area (Å²) in [6.07, 6.45) is 0. The van der Waals surface area contributed by atoms with Gasteiger partial charge in [0.05, 0.1) is 5.25 Å². The summed E-state index contributed by atoms with van der Waals surface area (Å²) >= 11 is 1.57. The van der Waals surface area contributed by atoms with Crippen molar-refractivity contribution in [2.75, 3.05) is 5.75 Å². The number of thioether (sulfide) groups is 1. The van der Waals surface area contributed by atoms with E-state index in [4.69, 9.17) is 10.8 Å². The van der Waals surface area contributed by atoms with Crippen LogP contribution in [0, 0.1) is 0 Å². The summed E-state index contributed by atoms with van der Waals surface area (Å²) in [5.74, 6) is -0.626. The molecular formula is C22H21NO2S. The summed E-state index contributed by atoms with van der Waals surface area (Å²) in [4.78, 5) is 11.1. The molecule has 3 nitrogen and oxygen atoms in total. The molecule has 3 N–H and O–H groups in total. The van der Waals surface area contributed by atoms with Gasteiger partial charge in [0.1, 0.15) is 6.04 Å². The zero-order valence-corrected chi connectivity index (χ0v) is 15.1. The molecule has 0 aliphatic rings. The van der Waals surface area contributed by atoms with Gasteiger partial charge in [-0.1, -0.05) is 84.9 Å². The predicted octanol–water partition coefficient (Wildman–Crippen LogP) is 4.59. The minimum absolute atomic E-state index is 0.0120. The third-order valence-electron chi connectivity index (χ3n) is 4.19. The van der Waals surface area contributed by atoms with E-state index >= 15 is 0 Å². The second-order valence-corrected chi connectivity index (χ2v) is 7.16. The smallest absolute Gasteiger partial charge is 0.321 e. The molecule has 2 unspecified atom stereocenters. The Kier molecular flexibility index (Phi) is 6.10. The van der Waals surface area contributed by atoms with E-state index in [1.165, 1.54) is 0 Å². The van der Waals surface area contributed by atoms with Crippen LogP contribution < -0.4 is 5.73 Å². The third-order valence-corrected chi connectivity index (χ3v) is 5.60. The molecule has 3 aromatic rings. The number of benzene rings is 3. The Morgan fingerprint density at radius 1 is 0.885 bits per heavy atom. The summed E-state index contributed by atoms with van der Waals surface area (Å²) in [5.41, 5.74) is 10.3. The van der Waals surface area contributed by atoms with E-state index in [9.17, 15) is 4.79 Å². The van der Waals surface area contributed by atoms with Crippen molar-refractivity contribution < 1.29 is 9.90 Å². The number of carboxylic acids is 1. The molecule has 4 heteroatoms. The molecule has 0 bridgehead atoms. The summed E-state index contributed by atoms with van der Waals surface area (Å²) < 4.78 is 0. The van der Waals surface area contributed by atoms with Crippen LogP contribution in [0.15, 0.2) is 84.9 Å². The van der Waals surface area contributed by atoms with E-state index < -0.39 is 12.0 Å². The summed E-state index contributed by atoms with van der Waals surface area (Å²) in [5, 5.41) is 9.14. The van der Waals surface area contributed by atoms with Crippen LogP contribution in [0.5, 0.6) is 0 Å². The number of rotatable bonds is 7. The first-order valence-electron chi connectivity index (χ1n) is 8.46. The second kappa shape index (κ2) is 8.70. The van der Waals surface area contributed by atoms with Crippen LogP contribution in [0.25, 0.3) is 11.1 Å². The molecule has 0 radical (unpaired) electrons. The zero-order valence-electron chi connectivity index (χ0n) is 14.3. The molecule has 3 rings (SSSR count). The summed E-state index contributed by atoms with van der Waals surface area (Å²) in [6.45, 7) is 0. The Morgan fingerprint density at radius 2 is 1.46 bits per heavy atom. The second-order valence-electron chi connectivity index (χ2n) is 6.02. The highest BCUT2D eigenvalue weighted by molar-refractivity contribution is 7.99. The van der Waals surface area contributed by atoms with Gasteiger partial charge in [0.2, 0.25) is 0 Å². The molecule has 2 atom stereocenters. The van der Waals surface area contributed by atoms with Gasteiger partial charge in [-0.3, -0.25) is 4.79 Å². The number of carboxylic acid groups (broad SMARTS) is 1. The van der Waals surface area contributed by atoms with Crippen molar-refractivity contribution in [2.24, 2.45) is 5.73 Å². The minimum Gasteiger partial charge on any atom is -0.480 e. The predicted molar refractivity (Wildman–Crippen MR) is 108 cm³/mol. The van der Waals surface area contributed by atoms with E-state index in [0.717, 1.165) is 22.3 Å². The molecule has 3 aromatic carbocycles. The quantitative estimate of drug-likeness (QED) is 0.644. The first-order valence-corrected chi connectivity index (χ1v) is 9.51. The maximum Gasteiger partial charge on any atom is 0.321 e. The molecule has 0 saturated heterocycles. The lowest BCUT2D eigenvalue weighted by Gasteiger charge is -2.22. The highest BCUT2D eigenvalue weighted by Crippen LogP contribution is 2.40. The molecule has 26 heavy (non-hydrogen) atoms. The molecule has 0 heterocycles. The Labute approximate surface area is 157 Å². The van der Waals surface area contributed by atoms with Crippen molar-refractivity contribution >= 4 is 17.7 Å². The van der Waals surface area contributed by atoms with Crippen LogP contribution in [0.2, 0.25) is 0 Å². The van der Waals surface area contributed by atoms with Crippen LogP contribution in [0.1, 0.15) is 16.4 Å². The first-order chi connectivity index (χ1) is 12.7. The number of aliphatic carboxylic acids is 1. The molecule has 0 aliphatic carbocycles. The number of hydrogen-bond donors (Lipinski definition) is 2. The summed E-state index contributed by atoms with van der Waals surface area (Å²) in [6, 6.07) is 27.8. The van der Waals surface area contributed by atoms with E-state index in [-0.39, 0.29) is 5.25 Å². The average molecular weight is 363 g/mol. The van der Waals surface area contributed by atoms with E-state index in [1.807, 2.05) is 48.5 Å². The van der Waals surface area contributed by atoms with Gasteiger partial charge < -0.3 is 10.8 Å². The van der Waals surface area contributed by atoms with Crippen LogP contribution in [-0.2, 0) is 4.79 Å². The van der Waals surface area contributed by atoms with Gasteiger partial charge >= 0.3 is 5.97 Å². The maximum atomic E-state index is 11.1. The molecule has 132 valence electrons. The normalized spacial score (nSPS) is 13.1. The molecule has 0 spiro atoms. The Morgan fingerprint density at radius 3 is 2.12 bits per heavy atom. The maximum absolute atomic E-state index is 11.1. The fourth-order valence-electron chi connectivity index (χ4n) is 2.87. The van der Waals surface area contributed by atoms with Crippen molar-refractivity contribution in [1.82, 2.24) is 0 Å². The Hall–Kier alpha value is -2.56. The topological polar surface area (TPSA) is 63.3 Å². The van der Waals surface area contributed by atoms with E-state index in [1.54, 1.807) is 11.8 Å². The highest BCUT2D eigenvalue weighted by atomic mass is 32.2. The zero-order chi connectivity index (χ0) is 18.4. The average Bonchev–Trinajstić information content (AvgIpc) is 2.70. The first kappa shape index (κ1) is 18.2. The van der Waals surface area contributed by atoms with Crippen molar-refractivity contribution in [3.63, 3.8) is 0 Å². The van der Waals surface area contributed by atoms with Crippen molar-refractivity contribution in [3.05, 3.63) is 96.1 Å². The van der Waals surface area contributed by atoms with Crippen LogP contribution in [0.3, 0.4) is 0 Å².